The molecule has 2 heterocycles. The second kappa shape index (κ2) is 6.00. The minimum atomic E-state index is -1.07. The number of ether oxygens (including phenoxy) is 1. The first-order valence-electron chi connectivity index (χ1n) is 7.50. The van der Waals surface area contributed by atoms with Gasteiger partial charge in [-0.05, 0) is 30.2 Å². The molecule has 1 N–H and O–H groups in total. The average Bonchev–Trinajstić information content (AvgIpc) is 2.57. The van der Waals surface area contributed by atoms with Gasteiger partial charge in [0.05, 0.1) is 13.2 Å². The van der Waals surface area contributed by atoms with Crippen LogP contribution in [0, 0.1) is 0 Å². The third-order valence-corrected chi connectivity index (χ3v) is 4.34. The first-order chi connectivity index (χ1) is 11.0. The SMILES string of the molecule is CN1C(=O)CCc2cc(C(=O)N3CCOCC3C(=O)O)ccc21. The van der Waals surface area contributed by atoms with Gasteiger partial charge in [-0.1, -0.05) is 0 Å². The summed E-state index contributed by atoms with van der Waals surface area (Å²) in [7, 11) is 1.71. The summed E-state index contributed by atoms with van der Waals surface area (Å²) in [5, 5.41) is 9.24. The number of anilines is 1. The summed E-state index contributed by atoms with van der Waals surface area (Å²) in [6, 6.07) is 4.19. The van der Waals surface area contributed by atoms with E-state index in [-0.39, 0.29) is 25.0 Å². The van der Waals surface area contributed by atoms with E-state index in [0.29, 0.717) is 25.0 Å². The fourth-order valence-electron chi connectivity index (χ4n) is 3.01. The topological polar surface area (TPSA) is 87.2 Å². The first kappa shape index (κ1) is 15.5. The predicted octanol–water partition coefficient (Wildman–Crippen LogP) is 0.521. The van der Waals surface area contributed by atoms with E-state index in [9.17, 15) is 19.5 Å². The minimum Gasteiger partial charge on any atom is -0.480 e. The molecule has 1 saturated heterocycles. The van der Waals surface area contributed by atoms with Crippen LogP contribution in [-0.4, -0.2) is 60.6 Å². The number of amides is 2. The van der Waals surface area contributed by atoms with E-state index in [1.54, 1.807) is 30.1 Å². The van der Waals surface area contributed by atoms with Gasteiger partial charge >= 0.3 is 5.97 Å². The first-order valence-corrected chi connectivity index (χ1v) is 7.50. The van der Waals surface area contributed by atoms with E-state index < -0.39 is 12.0 Å². The zero-order valence-corrected chi connectivity index (χ0v) is 12.8. The van der Waals surface area contributed by atoms with Crippen LogP contribution in [0.15, 0.2) is 18.2 Å². The molecule has 0 aliphatic carbocycles. The summed E-state index contributed by atoms with van der Waals surface area (Å²) in [5.74, 6) is -1.33. The lowest BCUT2D eigenvalue weighted by molar-refractivity contribution is -0.147. The second-order valence-electron chi connectivity index (χ2n) is 5.72. The van der Waals surface area contributed by atoms with Crippen molar-refractivity contribution in [1.29, 1.82) is 0 Å². The van der Waals surface area contributed by atoms with E-state index in [1.165, 1.54) is 4.90 Å². The van der Waals surface area contributed by atoms with Crippen molar-refractivity contribution in [3.8, 4) is 0 Å². The molecule has 23 heavy (non-hydrogen) atoms. The standard InChI is InChI=1S/C16H18N2O5/c1-17-12-4-2-11(8-10(12)3-5-14(17)19)15(20)18-6-7-23-9-13(18)16(21)22/h2,4,8,13H,3,5-7,9H2,1H3,(H,21,22). The summed E-state index contributed by atoms with van der Waals surface area (Å²) in [5.41, 5.74) is 2.17. The van der Waals surface area contributed by atoms with E-state index in [1.807, 2.05) is 0 Å². The summed E-state index contributed by atoms with van der Waals surface area (Å²) >= 11 is 0. The molecule has 0 bridgehead atoms. The molecule has 2 aliphatic rings. The zero-order valence-electron chi connectivity index (χ0n) is 12.8. The number of fused-ring (bicyclic) bond motifs is 1. The van der Waals surface area contributed by atoms with Crippen LogP contribution in [0.4, 0.5) is 5.69 Å². The molecule has 1 aromatic rings. The van der Waals surface area contributed by atoms with Crippen molar-refractivity contribution >= 4 is 23.5 Å². The molecule has 122 valence electrons. The lowest BCUT2D eigenvalue weighted by Gasteiger charge is -2.33. The number of rotatable bonds is 2. The third-order valence-electron chi connectivity index (χ3n) is 4.34. The fourth-order valence-corrected chi connectivity index (χ4v) is 3.01. The number of hydrogen-bond acceptors (Lipinski definition) is 4. The second-order valence-corrected chi connectivity index (χ2v) is 5.72. The Kier molecular flexibility index (Phi) is 4.04. The molecule has 0 spiro atoms. The number of carboxylic acid groups (broad SMARTS) is 1. The van der Waals surface area contributed by atoms with Crippen LogP contribution in [-0.2, 0) is 20.7 Å². The summed E-state index contributed by atoms with van der Waals surface area (Å²) in [6.07, 6.45) is 1.00. The molecule has 7 nitrogen and oxygen atoms in total. The largest absolute Gasteiger partial charge is 0.480 e. The molecule has 0 radical (unpaired) electrons. The molecule has 2 aliphatic heterocycles. The minimum absolute atomic E-state index is 0.00323. The van der Waals surface area contributed by atoms with Gasteiger partial charge in [0.2, 0.25) is 5.91 Å². The number of aryl methyl sites for hydroxylation is 1. The smallest absolute Gasteiger partial charge is 0.328 e. The molecular weight excluding hydrogens is 300 g/mol. The quantitative estimate of drug-likeness (QED) is 0.859. The van der Waals surface area contributed by atoms with Gasteiger partial charge in [0, 0.05) is 31.3 Å². The maximum atomic E-state index is 12.7. The average molecular weight is 318 g/mol. The summed E-state index contributed by atoms with van der Waals surface area (Å²) in [4.78, 5) is 38.6. The zero-order chi connectivity index (χ0) is 16.6. The van der Waals surface area contributed by atoms with Gasteiger partial charge < -0.3 is 19.6 Å². The number of aliphatic carboxylic acids is 1. The number of carbonyl (C=O) groups is 3. The highest BCUT2D eigenvalue weighted by Gasteiger charge is 2.33. The molecule has 0 aromatic heterocycles. The fraction of sp³-hybridized carbons (Fsp3) is 0.438. The number of carbonyl (C=O) groups excluding carboxylic acids is 2. The molecule has 1 unspecified atom stereocenters. The Labute approximate surface area is 133 Å². The van der Waals surface area contributed by atoms with Gasteiger partial charge in [-0.2, -0.15) is 0 Å². The van der Waals surface area contributed by atoms with Crippen molar-refractivity contribution in [1.82, 2.24) is 4.90 Å². The normalized spacial score (nSPS) is 21.1. The van der Waals surface area contributed by atoms with Crippen LogP contribution in [0.25, 0.3) is 0 Å². The molecule has 1 aromatic carbocycles. The number of benzene rings is 1. The Morgan fingerprint density at radius 2 is 2.09 bits per heavy atom. The van der Waals surface area contributed by atoms with Crippen molar-refractivity contribution in [2.24, 2.45) is 0 Å². The molecular formula is C16H18N2O5. The van der Waals surface area contributed by atoms with E-state index in [0.717, 1.165) is 11.3 Å². The van der Waals surface area contributed by atoms with E-state index in [4.69, 9.17) is 4.74 Å². The van der Waals surface area contributed by atoms with Gasteiger partial charge in [0.15, 0.2) is 6.04 Å². The van der Waals surface area contributed by atoms with Crippen LogP contribution in [0.2, 0.25) is 0 Å². The lowest BCUT2D eigenvalue weighted by atomic mass is 9.98. The summed E-state index contributed by atoms with van der Waals surface area (Å²) < 4.78 is 5.16. The van der Waals surface area contributed by atoms with Gasteiger partial charge in [-0.15, -0.1) is 0 Å². The number of morpholine rings is 1. The van der Waals surface area contributed by atoms with Crippen LogP contribution in [0.5, 0.6) is 0 Å². The van der Waals surface area contributed by atoms with Gasteiger partial charge in [-0.3, -0.25) is 9.59 Å². The highest BCUT2D eigenvalue weighted by molar-refractivity contribution is 6.00. The van der Waals surface area contributed by atoms with E-state index in [2.05, 4.69) is 0 Å². The maximum absolute atomic E-state index is 12.7. The molecule has 0 saturated carbocycles. The molecule has 7 heteroatoms. The third kappa shape index (κ3) is 2.79. The van der Waals surface area contributed by atoms with Crippen molar-refractivity contribution in [2.45, 2.75) is 18.9 Å². The molecule has 1 fully saturated rings. The summed E-state index contributed by atoms with van der Waals surface area (Å²) in [6.45, 7) is 0.590. The van der Waals surface area contributed by atoms with Crippen molar-refractivity contribution in [3.63, 3.8) is 0 Å². The number of hydrogen-bond donors (Lipinski definition) is 1. The Morgan fingerprint density at radius 3 is 2.83 bits per heavy atom. The molecule has 1 atom stereocenters. The van der Waals surface area contributed by atoms with Crippen LogP contribution < -0.4 is 4.90 Å². The highest BCUT2D eigenvalue weighted by Crippen LogP contribution is 2.28. The van der Waals surface area contributed by atoms with E-state index >= 15 is 0 Å². The Balaban J connectivity index is 1.88. The maximum Gasteiger partial charge on any atom is 0.328 e. The predicted molar refractivity (Wildman–Crippen MR) is 81.5 cm³/mol. The Morgan fingerprint density at radius 1 is 1.30 bits per heavy atom. The van der Waals surface area contributed by atoms with Crippen molar-refractivity contribution in [2.75, 3.05) is 31.7 Å². The van der Waals surface area contributed by atoms with Crippen molar-refractivity contribution in [3.05, 3.63) is 29.3 Å². The lowest BCUT2D eigenvalue weighted by Crippen LogP contribution is -2.52. The van der Waals surface area contributed by atoms with Crippen LogP contribution in [0.1, 0.15) is 22.3 Å². The van der Waals surface area contributed by atoms with Crippen molar-refractivity contribution < 1.29 is 24.2 Å². The number of carboxylic acids is 1. The Bertz CT molecular complexity index is 672. The Hall–Kier alpha value is -2.41. The van der Waals surface area contributed by atoms with Crippen LogP contribution >= 0.6 is 0 Å². The van der Waals surface area contributed by atoms with Gasteiger partial charge in [0.1, 0.15) is 0 Å². The molecule has 2 amide bonds. The van der Waals surface area contributed by atoms with Gasteiger partial charge in [0.25, 0.3) is 5.91 Å². The van der Waals surface area contributed by atoms with Gasteiger partial charge in [-0.25, -0.2) is 4.79 Å². The number of nitrogens with zero attached hydrogens (tertiary/aromatic N) is 2. The van der Waals surface area contributed by atoms with Crippen LogP contribution in [0.3, 0.4) is 0 Å². The highest BCUT2D eigenvalue weighted by atomic mass is 16.5. The monoisotopic (exact) mass is 318 g/mol. The molecule has 3 rings (SSSR count).